The second kappa shape index (κ2) is 6.48. The second-order valence-electron chi connectivity index (χ2n) is 6.94. The minimum absolute atomic E-state index is 0.104. The molecule has 0 spiro atoms. The number of aromatic nitrogens is 1. The van der Waals surface area contributed by atoms with Crippen LogP contribution in [0.1, 0.15) is 21.7 Å². The Labute approximate surface area is 151 Å². The van der Waals surface area contributed by atoms with Crippen LogP contribution in [0.25, 0.3) is 0 Å². The van der Waals surface area contributed by atoms with Gasteiger partial charge in [-0.1, -0.05) is 17.3 Å². The molecule has 26 heavy (non-hydrogen) atoms. The molecule has 0 radical (unpaired) electrons. The maximum absolute atomic E-state index is 12.8. The molecule has 0 aliphatic carbocycles. The summed E-state index contributed by atoms with van der Waals surface area (Å²) in [6.07, 6.45) is 1.45. The van der Waals surface area contributed by atoms with E-state index in [4.69, 9.17) is 9.26 Å². The summed E-state index contributed by atoms with van der Waals surface area (Å²) >= 11 is 0. The Kier molecular flexibility index (Phi) is 4.14. The van der Waals surface area contributed by atoms with E-state index in [0.29, 0.717) is 37.5 Å². The number of hydrogen-bond acceptors (Lipinski definition) is 5. The number of methoxy groups -OCH3 is 1. The maximum atomic E-state index is 12.8. The number of ether oxygens (including phenoxy) is 1. The lowest BCUT2D eigenvalue weighted by atomic mass is 10.0. The van der Waals surface area contributed by atoms with Gasteiger partial charge in [-0.15, -0.1) is 0 Å². The molecule has 2 saturated heterocycles. The van der Waals surface area contributed by atoms with E-state index in [2.05, 4.69) is 5.16 Å². The number of fused-ring (bicyclic) bond motifs is 1. The molecular formula is C19H21N3O4. The Morgan fingerprint density at radius 2 is 2.04 bits per heavy atom. The van der Waals surface area contributed by atoms with Crippen LogP contribution in [0.5, 0.6) is 5.75 Å². The van der Waals surface area contributed by atoms with Gasteiger partial charge >= 0.3 is 0 Å². The van der Waals surface area contributed by atoms with E-state index in [1.165, 1.54) is 6.20 Å². The molecule has 136 valence electrons. The van der Waals surface area contributed by atoms with E-state index >= 15 is 0 Å². The van der Waals surface area contributed by atoms with Gasteiger partial charge < -0.3 is 19.1 Å². The first kappa shape index (κ1) is 16.6. The maximum Gasteiger partial charge on any atom is 0.259 e. The molecular weight excluding hydrogens is 334 g/mol. The lowest BCUT2D eigenvalue weighted by Gasteiger charge is -2.22. The van der Waals surface area contributed by atoms with Crippen LogP contribution in [0.4, 0.5) is 0 Å². The van der Waals surface area contributed by atoms with Crippen LogP contribution in [0, 0.1) is 18.8 Å². The second-order valence-corrected chi connectivity index (χ2v) is 6.94. The minimum Gasteiger partial charge on any atom is -0.497 e. The molecule has 2 atom stereocenters. The predicted molar refractivity (Wildman–Crippen MR) is 92.5 cm³/mol. The average Bonchev–Trinajstić information content (AvgIpc) is 3.33. The number of benzene rings is 1. The summed E-state index contributed by atoms with van der Waals surface area (Å²) in [5, 5.41) is 3.67. The van der Waals surface area contributed by atoms with Gasteiger partial charge in [0.1, 0.15) is 17.1 Å². The van der Waals surface area contributed by atoms with Crippen LogP contribution >= 0.6 is 0 Å². The highest BCUT2D eigenvalue weighted by Gasteiger charge is 2.47. The minimum atomic E-state index is -0.114. The van der Waals surface area contributed by atoms with Crippen molar-refractivity contribution in [3.8, 4) is 5.75 Å². The molecule has 0 unspecified atom stereocenters. The van der Waals surface area contributed by atoms with Crippen LogP contribution in [0.2, 0.25) is 0 Å². The van der Waals surface area contributed by atoms with Crippen molar-refractivity contribution in [3.05, 3.63) is 47.3 Å². The third kappa shape index (κ3) is 2.83. The standard InChI is InChI=1S/C19H21N3O4/c1-12-16(7-20-26-12)18(23)22-10-14-9-21(19(24)17(14)11-22)8-13-3-5-15(25-2)6-4-13/h3-7,14,17H,8-11H2,1-2H3/t14-,17+/m1/s1. The molecule has 1 aromatic carbocycles. The van der Waals surface area contributed by atoms with Crippen molar-refractivity contribution < 1.29 is 18.8 Å². The molecule has 0 N–H and O–H groups in total. The SMILES string of the molecule is COc1ccc(CN2C[C@@H]3CN(C(=O)c4cnoc4C)C[C@@H]3C2=O)cc1. The molecule has 2 aliphatic heterocycles. The van der Waals surface area contributed by atoms with Gasteiger partial charge in [-0.3, -0.25) is 9.59 Å². The van der Waals surface area contributed by atoms with E-state index in [1.807, 2.05) is 29.2 Å². The molecule has 0 bridgehead atoms. The number of carbonyl (C=O) groups is 2. The van der Waals surface area contributed by atoms with E-state index < -0.39 is 0 Å². The highest BCUT2D eigenvalue weighted by Crippen LogP contribution is 2.34. The van der Waals surface area contributed by atoms with E-state index in [9.17, 15) is 9.59 Å². The van der Waals surface area contributed by atoms with Crippen molar-refractivity contribution >= 4 is 11.8 Å². The summed E-state index contributed by atoms with van der Waals surface area (Å²) in [5.41, 5.74) is 1.56. The highest BCUT2D eigenvalue weighted by molar-refractivity contribution is 5.95. The zero-order chi connectivity index (χ0) is 18.3. The fraction of sp³-hybridized carbons (Fsp3) is 0.421. The summed E-state index contributed by atoms with van der Waals surface area (Å²) in [6, 6.07) is 7.76. The molecule has 2 fully saturated rings. The van der Waals surface area contributed by atoms with Gasteiger partial charge in [0.05, 0.1) is 19.2 Å². The van der Waals surface area contributed by atoms with E-state index in [-0.39, 0.29) is 23.7 Å². The number of nitrogens with zero attached hydrogens (tertiary/aromatic N) is 3. The number of rotatable bonds is 4. The van der Waals surface area contributed by atoms with Gasteiger partial charge in [-0.2, -0.15) is 0 Å². The zero-order valence-corrected chi connectivity index (χ0v) is 14.8. The topological polar surface area (TPSA) is 75.9 Å². The van der Waals surface area contributed by atoms with E-state index in [0.717, 1.165) is 11.3 Å². The Balaban J connectivity index is 1.40. The third-order valence-electron chi connectivity index (χ3n) is 5.33. The van der Waals surface area contributed by atoms with Gasteiger partial charge in [0, 0.05) is 32.1 Å². The van der Waals surface area contributed by atoms with Crippen molar-refractivity contribution in [3.63, 3.8) is 0 Å². The van der Waals surface area contributed by atoms with Gasteiger partial charge in [-0.05, 0) is 24.6 Å². The number of hydrogen-bond donors (Lipinski definition) is 0. The first-order chi connectivity index (χ1) is 12.6. The van der Waals surface area contributed by atoms with Gasteiger partial charge in [0.15, 0.2) is 0 Å². The van der Waals surface area contributed by atoms with Crippen molar-refractivity contribution in [2.75, 3.05) is 26.7 Å². The summed E-state index contributed by atoms with van der Waals surface area (Å²) in [7, 11) is 1.63. The molecule has 2 aromatic rings. The van der Waals surface area contributed by atoms with Crippen LogP contribution in [-0.2, 0) is 11.3 Å². The molecule has 2 aliphatic rings. The molecule has 0 saturated carbocycles. The molecule has 2 amide bonds. The van der Waals surface area contributed by atoms with Crippen molar-refractivity contribution in [1.29, 1.82) is 0 Å². The van der Waals surface area contributed by atoms with Crippen LogP contribution in [-0.4, -0.2) is 53.5 Å². The number of likely N-dealkylation sites (tertiary alicyclic amines) is 2. The summed E-state index contributed by atoms with van der Waals surface area (Å²) < 4.78 is 10.1. The average molecular weight is 355 g/mol. The smallest absolute Gasteiger partial charge is 0.259 e. The number of aryl methyl sites for hydroxylation is 1. The van der Waals surface area contributed by atoms with Gasteiger partial charge in [0.25, 0.3) is 5.91 Å². The largest absolute Gasteiger partial charge is 0.497 e. The number of carbonyl (C=O) groups excluding carboxylic acids is 2. The molecule has 3 heterocycles. The predicted octanol–water partition coefficient (Wildman–Crippen LogP) is 1.72. The van der Waals surface area contributed by atoms with Gasteiger partial charge in [-0.25, -0.2) is 0 Å². The molecule has 7 heteroatoms. The molecule has 7 nitrogen and oxygen atoms in total. The van der Waals surface area contributed by atoms with Crippen LogP contribution in [0.15, 0.2) is 35.0 Å². The van der Waals surface area contributed by atoms with Crippen molar-refractivity contribution in [2.45, 2.75) is 13.5 Å². The Morgan fingerprint density at radius 3 is 2.65 bits per heavy atom. The Bertz CT molecular complexity index is 830. The Hall–Kier alpha value is -2.83. The highest BCUT2D eigenvalue weighted by atomic mass is 16.5. The molecule has 4 rings (SSSR count). The van der Waals surface area contributed by atoms with Crippen molar-refractivity contribution in [1.82, 2.24) is 15.0 Å². The summed E-state index contributed by atoms with van der Waals surface area (Å²) in [4.78, 5) is 29.0. The fourth-order valence-corrected chi connectivity index (χ4v) is 3.88. The first-order valence-electron chi connectivity index (χ1n) is 8.69. The third-order valence-corrected chi connectivity index (χ3v) is 5.33. The quantitative estimate of drug-likeness (QED) is 0.835. The summed E-state index contributed by atoms with van der Waals surface area (Å²) in [6.45, 7) is 4.06. The fourth-order valence-electron chi connectivity index (χ4n) is 3.88. The van der Waals surface area contributed by atoms with E-state index in [1.54, 1.807) is 18.9 Å². The monoisotopic (exact) mass is 355 g/mol. The van der Waals surface area contributed by atoms with Crippen molar-refractivity contribution in [2.24, 2.45) is 11.8 Å². The molecule has 1 aromatic heterocycles. The van der Waals surface area contributed by atoms with Gasteiger partial charge in [0.2, 0.25) is 5.91 Å². The zero-order valence-electron chi connectivity index (χ0n) is 14.8. The normalized spacial score (nSPS) is 22.0. The van der Waals surface area contributed by atoms with Crippen LogP contribution < -0.4 is 4.74 Å². The number of amides is 2. The summed E-state index contributed by atoms with van der Waals surface area (Å²) in [5.74, 6) is 1.41. The lowest BCUT2D eigenvalue weighted by molar-refractivity contribution is -0.131. The Morgan fingerprint density at radius 1 is 1.27 bits per heavy atom. The van der Waals surface area contributed by atoms with Crippen LogP contribution in [0.3, 0.4) is 0 Å². The first-order valence-corrected chi connectivity index (χ1v) is 8.69. The lowest BCUT2D eigenvalue weighted by Crippen LogP contribution is -2.35.